The first-order chi connectivity index (χ1) is 23.6. The van der Waals surface area contributed by atoms with Gasteiger partial charge in [0.05, 0.1) is 0 Å². The highest BCUT2D eigenvalue weighted by atomic mass is 16.5. The number of carbonyl (C=O) groups is 1. The number of nitrogens with zero attached hydrogens (tertiary/aromatic N) is 1. The van der Waals surface area contributed by atoms with Crippen molar-refractivity contribution in [2.45, 2.75) is 0 Å². The largest absolute Gasteiger partial charge is 0.423 e. The molecule has 7 rings (SSSR count). The van der Waals surface area contributed by atoms with E-state index in [4.69, 9.17) is 4.74 Å². The zero-order chi connectivity index (χ0) is 32.7. The predicted octanol–water partition coefficient (Wildman–Crippen LogP) is 11.5. The van der Waals surface area contributed by atoms with Gasteiger partial charge in [-0.15, -0.1) is 0 Å². The van der Waals surface area contributed by atoms with Crippen molar-refractivity contribution in [2.75, 3.05) is 4.90 Å². The Hall–Kier alpha value is -6.45. The SMILES string of the molecule is C=CC(=O)Oc1ccc(C=Cc2ccc(N(C=C(c3ccc4ccccc4c3)c3ccc4ccccc4c3)c3ccccc3)cc2)cc1. The molecule has 7 aromatic carbocycles. The summed E-state index contributed by atoms with van der Waals surface area (Å²) in [4.78, 5) is 13.7. The van der Waals surface area contributed by atoms with E-state index >= 15 is 0 Å². The third-order valence-corrected chi connectivity index (χ3v) is 8.32. The Morgan fingerprint density at radius 3 is 1.54 bits per heavy atom. The van der Waals surface area contributed by atoms with Crippen molar-refractivity contribution in [3.8, 4) is 5.75 Å². The van der Waals surface area contributed by atoms with Crippen LogP contribution in [0.2, 0.25) is 0 Å². The zero-order valence-corrected chi connectivity index (χ0v) is 26.4. The molecule has 0 bridgehead atoms. The van der Waals surface area contributed by atoms with E-state index in [-0.39, 0.29) is 0 Å². The van der Waals surface area contributed by atoms with Gasteiger partial charge in [-0.1, -0.05) is 134 Å². The number of hydrogen-bond donors (Lipinski definition) is 0. The van der Waals surface area contributed by atoms with Crippen LogP contribution in [0.25, 0.3) is 39.3 Å². The summed E-state index contributed by atoms with van der Waals surface area (Å²) in [5.74, 6) is 0.0154. The molecule has 0 N–H and O–H groups in total. The van der Waals surface area contributed by atoms with Crippen molar-refractivity contribution in [3.05, 3.63) is 205 Å². The van der Waals surface area contributed by atoms with Crippen LogP contribution < -0.4 is 9.64 Å². The summed E-state index contributed by atoms with van der Waals surface area (Å²) < 4.78 is 5.18. The van der Waals surface area contributed by atoms with Crippen LogP contribution in [0.4, 0.5) is 11.4 Å². The Kier molecular flexibility index (Phi) is 8.75. The van der Waals surface area contributed by atoms with E-state index in [1.807, 2.05) is 24.3 Å². The molecule has 3 nitrogen and oxygen atoms in total. The Morgan fingerprint density at radius 2 is 1.00 bits per heavy atom. The van der Waals surface area contributed by atoms with E-state index in [2.05, 4.69) is 157 Å². The van der Waals surface area contributed by atoms with E-state index in [0.717, 1.165) is 45.3 Å². The molecule has 0 amide bonds. The molecular weight excluding hydrogens is 587 g/mol. The van der Waals surface area contributed by atoms with Crippen LogP contribution in [0.3, 0.4) is 0 Å². The first-order valence-electron chi connectivity index (χ1n) is 15.9. The molecule has 0 heterocycles. The standard InChI is InChI=1S/C45H33NO2/c1-2-45(47)48-43-28-20-34(21-29-43)17-16-33-18-26-42(27-19-33)46(41-14-4-3-5-15-41)32-44(39-24-22-35-10-6-8-12-37(35)30-39)40-25-23-36-11-7-9-13-38(36)31-40/h2-32H,1H2. The van der Waals surface area contributed by atoms with Crippen molar-refractivity contribution >= 4 is 56.6 Å². The van der Waals surface area contributed by atoms with Crippen LogP contribution in [0.5, 0.6) is 5.75 Å². The van der Waals surface area contributed by atoms with E-state index in [1.165, 1.54) is 21.5 Å². The lowest BCUT2D eigenvalue weighted by molar-refractivity contribution is -0.128. The predicted molar refractivity (Wildman–Crippen MR) is 201 cm³/mol. The van der Waals surface area contributed by atoms with Gasteiger partial charge in [-0.2, -0.15) is 0 Å². The first-order valence-corrected chi connectivity index (χ1v) is 15.9. The third kappa shape index (κ3) is 6.86. The molecule has 48 heavy (non-hydrogen) atoms. The van der Waals surface area contributed by atoms with Crippen LogP contribution in [0.1, 0.15) is 22.3 Å². The molecule has 7 aromatic rings. The van der Waals surface area contributed by atoms with Gasteiger partial charge >= 0.3 is 5.97 Å². The smallest absolute Gasteiger partial charge is 0.335 e. The van der Waals surface area contributed by atoms with Gasteiger partial charge in [0.15, 0.2) is 0 Å². The van der Waals surface area contributed by atoms with Crippen LogP contribution in [-0.4, -0.2) is 5.97 Å². The highest BCUT2D eigenvalue weighted by Crippen LogP contribution is 2.34. The Labute approximate surface area is 281 Å². The number of ether oxygens (including phenoxy) is 1. The van der Waals surface area contributed by atoms with Gasteiger partial charge in [0, 0.05) is 29.2 Å². The second kappa shape index (κ2) is 13.9. The zero-order valence-electron chi connectivity index (χ0n) is 26.4. The van der Waals surface area contributed by atoms with Crippen molar-refractivity contribution < 1.29 is 9.53 Å². The van der Waals surface area contributed by atoms with Gasteiger partial charge < -0.3 is 9.64 Å². The monoisotopic (exact) mass is 619 g/mol. The second-order valence-electron chi connectivity index (χ2n) is 11.5. The molecule has 0 atom stereocenters. The molecule has 0 unspecified atom stereocenters. The van der Waals surface area contributed by atoms with Crippen LogP contribution in [0.15, 0.2) is 183 Å². The molecule has 3 heteroatoms. The molecule has 0 aliphatic carbocycles. The number of carbonyl (C=O) groups excluding carboxylic acids is 1. The molecule has 0 saturated heterocycles. The summed E-state index contributed by atoms with van der Waals surface area (Å²) in [5.41, 5.74) is 7.61. The molecule has 230 valence electrons. The summed E-state index contributed by atoms with van der Waals surface area (Å²) >= 11 is 0. The lowest BCUT2D eigenvalue weighted by Gasteiger charge is -2.24. The molecule has 0 aliphatic rings. The number of fused-ring (bicyclic) bond motifs is 2. The van der Waals surface area contributed by atoms with E-state index in [0.29, 0.717) is 5.75 Å². The van der Waals surface area contributed by atoms with Crippen molar-refractivity contribution in [2.24, 2.45) is 0 Å². The average molecular weight is 620 g/mol. The maximum atomic E-state index is 11.5. The first kappa shape index (κ1) is 30.2. The number of hydrogen-bond acceptors (Lipinski definition) is 3. The molecule has 0 aromatic heterocycles. The van der Waals surface area contributed by atoms with Crippen molar-refractivity contribution in [1.29, 1.82) is 0 Å². The summed E-state index contributed by atoms with van der Waals surface area (Å²) in [6.07, 6.45) is 7.53. The van der Waals surface area contributed by atoms with Crippen molar-refractivity contribution in [1.82, 2.24) is 0 Å². The fourth-order valence-corrected chi connectivity index (χ4v) is 5.79. The van der Waals surface area contributed by atoms with Gasteiger partial charge in [-0.25, -0.2) is 4.79 Å². The van der Waals surface area contributed by atoms with Gasteiger partial charge in [0.1, 0.15) is 5.75 Å². The summed E-state index contributed by atoms with van der Waals surface area (Å²) in [5, 5.41) is 4.84. The fourth-order valence-electron chi connectivity index (χ4n) is 5.79. The van der Waals surface area contributed by atoms with E-state index in [1.54, 1.807) is 12.1 Å². The lowest BCUT2D eigenvalue weighted by Crippen LogP contribution is -2.10. The average Bonchev–Trinajstić information content (AvgIpc) is 3.15. The molecule has 0 saturated carbocycles. The van der Waals surface area contributed by atoms with E-state index < -0.39 is 5.97 Å². The maximum absolute atomic E-state index is 11.5. The highest BCUT2D eigenvalue weighted by Gasteiger charge is 2.13. The molecule has 0 spiro atoms. The topological polar surface area (TPSA) is 29.5 Å². The summed E-state index contributed by atoms with van der Waals surface area (Å²) in [6.45, 7) is 3.44. The second-order valence-corrected chi connectivity index (χ2v) is 11.5. The van der Waals surface area contributed by atoms with Crippen LogP contribution >= 0.6 is 0 Å². The Balaban J connectivity index is 1.27. The molecule has 0 aliphatic heterocycles. The Morgan fingerprint density at radius 1 is 0.521 bits per heavy atom. The number of esters is 1. The minimum Gasteiger partial charge on any atom is -0.423 e. The molecular formula is C45H33NO2. The Bertz CT molecular complexity index is 2200. The minimum absolute atomic E-state index is 0.473. The normalized spacial score (nSPS) is 11.0. The highest BCUT2D eigenvalue weighted by molar-refractivity contribution is 5.94. The summed E-state index contributed by atoms with van der Waals surface area (Å²) in [7, 11) is 0. The third-order valence-electron chi connectivity index (χ3n) is 8.32. The quantitative estimate of drug-likeness (QED) is 0.0697. The number of para-hydroxylation sites is 1. The number of rotatable bonds is 9. The number of anilines is 2. The van der Waals surface area contributed by atoms with E-state index in [9.17, 15) is 4.79 Å². The molecule has 0 fully saturated rings. The summed E-state index contributed by atoms with van der Waals surface area (Å²) in [6, 6.07) is 56.8. The van der Waals surface area contributed by atoms with Crippen LogP contribution in [-0.2, 0) is 4.79 Å². The van der Waals surface area contributed by atoms with Gasteiger partial charge in [-0.3, -0.25) is 0 Å². The maximum Gasteiger partial charge on any atom is 0.335 e. The minimum atomic E-state index is -0.473. The molecule has 0 radical (unpaired) electrons. The van der Waals surface area contributed by atoms with Crippen LogP contribution in [0, 0.1) is 0 Å². The number of benzene rings is 7. The van der Waals surface area contributed by atoms with Gasteiger partial charge in [0.2, 0.25) is 0 Å². The van der Waals surface area contributed by atoms with Gasteiger partial charge in [-0.05, 0) is 92.3 Å². The van der Waals surface area contributed by atoms with Crippen molar-refractivity contribution in [3.63, 3.8) is 0 Å². The lowest BCUT2D eigenvalue weighted by atomic mass is 9.94. The fraction of sp³-hybridized carbons (Fsp3) is 0. The van der Waals surface area contributed by atoms with Gasteiger partial charge in [0.25, 0.3) is 0 Å².